The van der Waals surface area contributed by atoms with Crippen molar-refractivity contribution in [3.05, 3.63) is 62.9 Å². The number of nitrogens with one attached hydrogen (secondary N) is 1. The van der Waals surface area contributed by atoms with E-state index in [1.807, 2.05) is 19.2 Å². The quantitative estimate of drug-likeness (QED) is 0.643. The van der Waals surface area contributed by atoms with E-state index in [-0.39, 0.29) is 5.91 Å². The second kappa shape index (κ2) is 8.90. The Hall–Kier alpha value is -2.55. The van der Waals surface area contributed by atoms with Crippen LogP contribution in [0, 0.1) is 0 Å². The van der Waals surface area contributed by atoms with Crippen LogP contribution in [-0.4, -0.2) is 36.9 Å². The third-order valence-corrected chi connectivity index (χ3v) is 7.59. The minimum atomic E-state index is -0.498. The van der Waals surface area contributed by atoms with Crippen LogP contribution in [0.25, 0.3) is 4.91 Å². The summed E-state index contributed by atoms with van der Waals surface area (Å²) in [5.74, 6) is 0.183. The van der Waals surface area contributed by atoms with Crippen LogP contribution in [0.3, 0.4) is 0 Å². The van der Waals surface area contributed by atoms with E-state index in [1.165, 1.54) is 28.7 Å². The molecule has 1 aromatic carbocycles. The summed E-state index contributed by atoms with van der Waals surface area (Å²) in [6.45, 7) is 8.22. The molecule has 0 spiro atoms. The number of anilines is 1. The highest BCUT2D eigenvalue weighted by Gasteiger charge is 2.26. The number of fused-ring (bicyclic) bond motifs is 2. The average Bonchev–Trinajstić information content (AvgIpc) is 3.34. The van der Waals surface area contributed by atoms with E-state index in [2.05, 4.69) is 22.9 Å². The number of amides is 2. The summed E-state index contributed by atoms with van der Waals surface area (Å²) >= 11 is 2.84. The highest BCUT2D eigenvalue weighted by Crippen LogP contribution is 2.37. The van der Waals surface area contributed by atoms with Gasteiger partial charge in [0.2, 0.25) is 0 Å². The Morgan fingerprint density at radius 2 is 2.16 bits per heavy atom. The van der Waals surface area contributed by atoms with E-state index in [4.69, 9.17) is 10.5 Å². The van der Waals surface area contributed by atoms with Gasteiger partial charge in [-0.15, -0.1) is 11.3 Å². The van der Waals surface area contributed by atoms with Crippen LogP contribution in [0.4, 0.5) is 5.00 Å². The van der Waals surface area contributed by atoms with E-state index in [0.717, 1.165) is 52.6 Å². The molecule has 31 heavy (non-hydrogen) atoms. The van der Waals surface area contributed by atoms with Gasteiger partial charge in [-0.1, -0.05) is 24.4 Å². The highest BCUT2D eigenvalue weighted by molar-refractivity contribution is 8.10. The maximum absolute atomic E-state index is 12.8. The molecule has 2 aliphatic rings. The molecule has 4 rings (SSSR count). The zero-order chi connectivity index (χ0) is 22.1. The lowest BCUT2D eigenvalue weighted by atomic mass is 10.0. The Morgan fingerprint density at radius 3 is 2.94 bits per heavy atom. The zero-order valence-electron chi connectivity index (χ0n) is 17.6. The van der Waals surface area contributed by atoms with Crippen molar-refractivity contribution < 1.29 is 14.3 Å². The predicted molar refractivity (Wildman–Crippen MR) is 128 cm³/mol. The molecule has 0 atom stereocenters. The van der Waals surface area contributed by atoms with Crippen molar-refractivity contribution in [1.82, 2.24) is 4.90 Å². The molecule has 6 nitrogen and oxygen atoms in total. The molecule has 0 fully saturated rings. The maximum atomic E-state index is 12.8. The molecule has 0 unspecified atom stereocenters. The van der Waals surface area contributed by atoms with Gasteiger partial charge < -0.3 is 20.7 Å². The molecular weight excluding hydrogens is 430 g/mol. The molecule has 1 aromatic heterocycles. The molecule has 8 heteroatoms. The fourth-order valence-electron chi connectivity index (χ4n) is 3.72. The first-order valence-corrected chi connectivity index (χ1v) is 11.8. The largest absolute Gasteiger partial charge is 0.493 e. The van der Waals surface area contributed by atoms with Crippen LogP contribution in [0.5, 0.6) is 5.75 Å². The van der Waals surface area contributed by atoms with Crippen LogP contribution in [-0.2, 0) is 24.2 Å². The third kappa shape index (κ3) is 4.56. The van der Waals surface area contributed by atoms with Crippen molar-refractivity contribution in [3.8, 4) is 5.75 Å². The smallest absolute Gasteiger partial charge is 0.252 e. The maximum Gasteiger partial charge on any atom is 0.252 e. The normalized spacial score (nSPS) is 15.7. The molecule has 0 radical (unpaired) electrons. The monoisotopic (exact) mass is 455 g/mol. The number of thiophene rings is 1. The molecule has 3 N–H and O–H groups in total. The molecule has 162 valence electrons. The van der Waals surface area contributed by atoms with Gasteiger partial charge >= 0.3 is 0 Å². The summed E-state index contributed by atoms with van der Waals surface area (Å²) in [5.41, 5.74) is 9.79. The van der Waals surface area contributed by atoms with Crippen LogP contribution in [0.2, 0.25) is 0 Å². The number of carbonyl (C=O) groups is 2. The first-order valence-electron chi connectivity index (χ1n) is 10.1. The number of hydrogen-bond donors (Lipinski definition) is 2. The van der Waals surface area contributed by atoms with Gasteiger partial charge in [-0.05, 0) is 54.6 Å². The number of hydrogen-bond acceptors (Lipinski definition) is 6. The average molecular weight is 456 g/mol. The van der Waals surface area contributed by atoms with Crippen molar-refractivity contribution in [2.75, 3.05) is 25.5 Å². The standard InChI is InChI=1S/C23H25N3O3S2/c1-13(12-30-14(2)15-4-5-18-16(10-15)7-9-29-18)22(28)25-23-20(21(24)27)17-6-8-26(3)11-19(17)31-23/h4-5,10,12H,2,6-9,11H2,1,3H3,(H2,24,27)(H,25,28)/b13-12+. The van der Waals surface area contributed by atoms with Crippen LogP contribution < -0.4 is 15.8 Å². The fraction of sp³-hybridized carbons (Fsp3) is 0.304. The molecular formula is C23H25N3O3S2. The topological polar surface area (TPSA) is 84.7 Å². The predicted octanol–water partition coefficient (Wildman–Crippen LogP) is 4.02. The van der Waals surface area contributed by atoms with Crippen LogP contribution >= 0.6 is 23.1 Å². The molecule has 0 saturated carbocycles. The SMILES string of the molecule is C=C(S/C=C(\C)C(=O)Nc1sc2c(c1C(N)=O)CCN(C)C2)c1ccc2c(c1)CCO2. The van der Waals surface area contributed by atoms with Gasteiger partial charge in [0.1, 0.15) is 10.8 Å². The van der Waals surface area contributed by atoms with E-state index in [1.54, 1.807) is 12.3 Å². The lowest BCUT2D eigenvalue weighted by Gasteiger charge is -2.22. The van der Waals surface area contributed by atoms with E-state index >= 15 is 0 Å². The second-order valence-electron chi connectivity index (χ2n) is 7.78. The van der Waals surface area contributed by atoms with E-state index < -0.39 is 5.91 Å². The molecule has 0 saturated heterocycles. The van der Waals surface area contributed by atoms with Gasteiger partial charge in [0.05, 0.1) is 12.2 Å². The zero-order valence-corrected chi connectivity index (χ0v) is 19.3. The molecule has 2 aliphatic heterocycles. The van der Waals surface area contributed by atoms with Crippen molar-refractivity contribution >= 4 is 44.8 Å². The number of benzene rings is 1. The minimum Gasteiger partial charge on any atom is -0.493 e. The minimum absolute atomic E-state index is 0.253. The van der Waals surface area contributed by atoms with Gasteiger partial charge in [0, 0.05) is 34.9 Å². The number of rotatable bonds is 6. The lowest BCUT2D eigenvalue weighted by Crippen LogP contribution is -2.27. The summed E-state index contributed by atoms with van der Waals surface area (Å²) in [6, 6.07) is 6.04. The summed E-state index contributed by atoms with van der Waals surface area (Å²) in [7, 11) is 2.04. The van der Waals surface area contributed by atoms with Crippen LogP contribution in [0.15, 0.2) is 35.8 Å². The molecule has 2 aromatic rings. The Kier molecular flexibility index (Phi) is 6.22. The van der Waals surface area contributed by atoms with Crippen molar-refractivity contribution in [3.63, 3.8) is 0 Å². The van der Waals surface area contributed by atoms with E-state index in [0.29, 0.717) is 22.7 Å². The fourth-order valence-corrected chi connectivity index (χ4v) is 5.74. The molecule has 2 amide bonds. The molecule has 0 bridgehead atoms. The molecule has 3 heterocycles. The van der Waals surface area contributed by atoms with Crippen molar-refractivity contribution in [2.45, 2.75) is 26.3 Å². The summed E-state index contributed by atoms with van der Waals surface area (Å²) in [6.07, 6.45) is 1.66. The first-order chi connectivity index (χ1) is 14.8. The lowest BCUT2D eigenvalue weighted by molar-refractivity contribution is -0.112. The number of nitrogens with zero attached hydrogens (tertiary/aromatic N) is 1. The van der Waals surface area contributed by atoms with Gasteiger partial charge in [0.25, 0.3) is 11.8 Å². The van der Waals surface area contributed by atoms with Crippen molar-refractivity contribution in [1.29, 1.82) is 0 Å². The Labute approximate surface area is 190 Å². The Bertz CT molecular complexity index is 1100. The van der Waals surface area contributed by atoms with Gasteiger partial charge in [-0.25, -0.2) is 0 Å². The molecule has 0 aliphatic carbocycles. The van der Waals surface area contributed by atoms with Gasteiger partial charge in [-0.2, -0.15) is 0 Å². The summed E-state index contributed by atoms with van der Waals surface area (Å²) < 4.78 is 5.55. The summed E-state index contributed by atoms with van der Waals surface area (Å²) in [4.78, 5) is 29.0. The number of carbonyl (C=O) groups excluding carboxylic acids is 2. The Morgan fingerprint density at radius 1 is 1.35 bits per heavy atom. The summed E-state index contributed by atoms with van der Waals surface area (Å²) in [5, 5.41) is 5.21. The number of ether oxygens (including phenoxy) is 1. The third-order valence-electron chi connectivity index (χ3n) is 5.47. The first kappa shape index (κ1) is 21.7. The second-order valence-corrected chi connectivity index (χ2v) is 9.85. The number of likely N-dealkylation sites (N-methyl/N-ethyl adjacent to an activating group) is 1. The number of thioether (sulfide) groups is 1. The number of primary amides is 1. The van der Waals surface area contributed by atoms with Crippen molar-refractivity contribution in [2.24, 2.45) is 5.73 Å². The van der Waals surface area contributed by atoms with Gasteiger partial charge in [0.15, 0.2) is 0 Å². The van der Waals surface area contributed by atoms with Crippen LogP contribution in [0.1, 0.15) is 38.8 Å². The Balaban J connectivity index is 1.45. The van der Waals surface area contributed by atoms with Gasteiger partial charge in [-0.3, -0.25) is 9.59 Å². The number of nitrogens with two attached hydrogens (primary N) is 1. The van der Waals surface area contributed by atoms with E-state index in [9.17, 15) is 9.59 Å². The highest BCUT2D eigenvalue weighted by atomic mass is 32.2.